The summed E-state index contributed by atoms with van der Waals surface area (Å²) >= 11 is 6.03. The van der Waals surface area contributed by atoms with Gasteiger partial charge in [0.05, 0.1) is 11.1 Å². The lowest BCUT2D eigenvalue weighted by Crippen LogP contribution is -2.51. The van der Waals surface area contributed by atoms with Crippen LogP contribution in [0.3, 0.4) is 0 Å². The quantitative estimate of drug-likeness (QED) is 0.907. The largest absolute Gasteiger partial charge is 0.393 e. The van der Waals surface area contributed by atoms with E-state index in [0.29, 0.717) is 10.7 Å². The Labute approximate surface area is 137 Å². The average molecular weight is 325 g/mol. The predicted molar refractivity (Wildman–Crippen MR) is 87.1 cm³/mol. The molecule has 2 fully saturated rings. The molecule has 2 aliphatic rings. The van der Waals surface area contributed by atoms with Gasteiger partial charge in [0.2, 0.25) is 0 Å². The molecule has 3 atom stereocenters. The van der Waals surface area contributed by atoms with Crippen LogP contribution in [-0.2, 0) is 7.05 Å². The Morgan fingerprint density at radius 3 is 2.64 bits per heavy atom. The zero-order valence-electron chi connectivity index (χ0n) is 13.2. The normalized spacial score (nSPS) is 29.6. The van der Waals surface area contributed by atoms with E-state index in [1.807, 2.05) is 11.9 Å². The number of piperidine rings is 1. The van der Waals surface area contributed by atoms with Gasteiger partial charge in [0.25, 0.3) is 5.91 Å². The summed E-state index contributed by atoms with van der Waals surface area (Å²) in [6.07, 6.45) is 8.87. The number of halogens is 1. The van der Waals surface area contributed by atoms with Crippen LogP contribution in [0.25, 0.3) is 0 Å². The van der Waals surface area contributed by atoms with Crippen molar-refractivity contribution in [2.24, 2.45) is 13.0 Å². The van der Waals surface area contributed by atoms with E-state index >= 15 is 0 Å². The first-order chi connectivity index (χ1) is 10.6. The third kappa shape index (κ3) is 3.04. The van der Waals surface area contributed by atoms with E-state index in [1.165, 1.54) is 0 Å². The second-order valence-electron chi connectivity index (χ2n) is 6.73. The summed E-state index contributed by atoms with van der Waals surface area (Å²) in [6, 6.07) is 1.91. The number of aromatic nitrogens is 1. The number of aliphatic hydroxyl groups is 1. The fourth-order valence-corrected chi connectivity index (χ4v) is 4.38. The molecule has 1 saturated carbocycles. The van der Waals surface area contributed by atoms with Gasteiger partial charge in [0.1, 0.15) is 5.69 Å². The monoisotopic (exact) mass is 324 g/mol. The van der Waals surface area contributed by atoms with Gasteiger partial charge in [-0.2, -0.15) is 0 Å². The Kier molecular flexibility index (Phi) is 4.79. The van der Waals surface area contributed by atoms with E-state index in [9.17, 15) is 9.90 Å². The second kappa shape index (κ2) is 6.63. The standard InChI is InChI=1S/C17H25ClN2O2/c1-19-11-12(18)10-15(19)17(22)20-9-5-4-7-14(20)13-6-2-3-8-16(13)21/h10-11,13-14,16,21H,2-9H2,1H3. The molecular weight excluding hydrogens is 300 g/mol. The molecule has 1 N–H and O–H groups in total. The highest BCUT2D eigenvalue weighted by atomic mass is 35.5. The Hall–Kier alpha value is -1.00. The van der Waals surface area contributed by atoms with Crippen molar-refractivity contribution in [3.05, 3.63) is 23.0 Å². The van der Waals surface area contributed by atoms with Gasteiger partial charge >= 0.3 is 0 Å². The van der Waals surface area contributed by atoms with Gasteiger partial charge in [-0.1, -0.05) is 24.4 Å². The van der Waals surface area contributed by atoms with Gasteiger partial charge in [0, 0.05) is 31.7 Å². The van der Waals surface area contributed by atoms with Crippen molar-refractivity contribution in [2.75, 3.05) is 6.54 Å². The molecule has 1 saturated heterocycles. The minimum Gasteiger partial charge on any atom is -0.393 e. The van der Waals surface area contributed by atoms with Gasteiger partial charge < -0.3 is 14.6 Å². The van der Waals surface area contributed by atoms with E-state index in [2.05, 4.69) is 0 Å². The van der Waals surface area contributed by atoms with Crippen LogP contribution in [0.1, 0.15) is 55.4 Å². The number of rotatable bonds is 2. The lowest BCUT2D eigenvalue weighted by atomic mass is 9.78. The van der Waals surface area contributed by atoms with Crippen molar-refractivity contribution in [3.63, 3.8) is 0 Å². The molecule has 1 amide bonds. The molecule has 2 heterocycles. The van der Waals surface area contributed by atoms with Crippen molar-refractivity contribution in [3.8, 4) is 0 Å². The van der Waals surface area contributed by atoms with Crippen LogP contribution in [0.4, 0.5) is 0 Å². The maximum atomic E-state index is 13.0. The van der Waals surface area contributed by atoms with Crippen LogP contribution in [0.2, 0.25) is 5.02 Å². The van der Waals surface area contributed by atoms with Crippen molar-refractivity contribution in [1.82, 2.24) is 9.47 Å². The number of carbonyl (C=O) groups is 1. The van der Waals surface area contributed by atoms with Crippen LogP contribution in [0, 0.1) is 5.92 Å². The number of amides is 1. The van der Waals surface area contributed by atoms with Crippen LogP contribution in [-0.4, -0.2) is 39.2 Å². The maximum Gasteiger partial charge on any atom is 0.270 e. The van der Waals surface area contributed by atoms with Crippen molar-refractivity contribution < 1.29 is 9.90 Å². The Balaban J connectivity index is 1.83. The summed E-state index contributed by atoms with van der Waals surface area (Å²) in [7, 11) is 1.85. The molecule has 1 aliphatic heterocycles. The lowest BCUT2D eigenvalue weighted by molar-refractivity contribution is -0.00165. The molecule has 0 radical (unpaired) electrons. The lowest BCUT2D eigenvalue weighted by Gasteiger charge is -2.43. The molecule has 0 aromatic carbocycles. The first-order valence-corrected chi connectivity index (χ1v) is 8.76. The average Bonchev–Trinajstić information content (AvgIpc) is 2.86. The molecule has 1 aromatic rings. The van der Waals surface area contributed by atoms with Gasteiger partial charge in [0.15, 0.2) is 0 Å². The fraction of sp³-hybridized carbons (Fsp3) is 0.706. The minimum absolute atomic E-state index is 0.0527. The molecule has 3 rings (SSSR count). The molecule has 3 unspecified atom stereocenters. The van der Waals surface area contributed by atoms with E-state index in [-0.39, 0.29) is 24.0 Å². The number of hydrogen-bond acceptors (Lipinski definition) is 2. The van der Waals surface area contributed by atoms with Crippen molar-refractivity contribution in [2.45, 2.75) is 57.1 Å². The summed E-state index contributed by atoms with van der Waals surface area (Å²) < 4.78 is 1.80. The second-order valence-corrected chi connectivity index (χ2v) is 7.17. The van der Waals surface area contributed by atoms with Gasteiger partial charge in [-0.3, -0.25) is 4.79 Å². The number of likely N-dealkylation sites (tertiary alicyclic amines) is 1. The molecular formula is C17H25ClN2O2. The number of carbonyl (C=O) groups excluding carboxylic acids is 1. The molecule has 1 aromatic heterocycles. The fourth-order valence-electron chi connectivity index (χ4n) is 4.13. The Morgan fingerprint density at radius 1 is 1.23 bits per heavy atom. The third-order valence-corrected chi connectivity index (χ3v) is 5.48. The molecule has 1 aliphatic carbocycles. The first-order valence-electron chi connectivity index (χ1n) is 8.39. The maximum absolute atomic E-state index is 13.0. The molecule has 22 heavy (non-hydrogen) atoms. The Morgan fingerprint density at radius 2 is 1.95 bits per heavy atom. The topological polar surface area (TPSA) is 45.5 Å². The minimum atomic E-state index is -0.260. The van der Waals surface area contributed by atoms with Crippen LogP contribution in [0.15, 0.2) is 12.3 Å². The summed E-state index contributed by atoms with van der Waals surface area (Å²) in [5, 5.41) is 11.0. The van der Waals surface area contributed by atoms with E-state index < -0.39 is 0 Å². The van der Waals surface area contributed by atoms with Crippen LogP contribution < -0.4 is 0 Å². The van der Waals surface area contributed by atoms with E-state index in [1.54, 1.807) is 16.8 Å². The third-order valence-electron chi connectivity index (χ3n) is 5.28. The number of aliphatic hydroxyl groups excluding tert-OH is 1. The summed E-state index contributed by atoms with van der Waals surface area (Å²) in [5.41, 5.74) is 0.641. The summed E-state index contributed by atoms with van der Waals surface area (Å²) in [6.45, 7) is 0.787. The highest BCUT2D eigenvalue weighted by Gasteiger charge is 2.38. The van der Waals surface area contributed by atoms with E-state index in [4.69, 9.17) is 11.6 Å². The van der Waals surface area contributed by atoms with Gasteiger partial charge in [-0.05, 0) is 38.2 Å². The molecule has 0 bridgehead atoms. The smallest absolute Gasteiger partial charge is 0.270 e. The predicted octanol–water partition coefficient (Wildman–Crippen LogP) is 3.22. The molecule has 5 heteroatoms. The zero-order chi connectivity index (χ0) is 15.7. The molecule has 0 spiro atoms. The number of nitrogens with zero attached hydrogens (tertiary/aromatic N) is 2. The molecule has 4 nitrogen and oxygen atoms in total. The molecule has 122 valence electrons. The Bertz CT molecular complexity index is 543. The SMILES string of the molecule is Cn1cc(Cl)cc1C(=O)N1CCCCC1C1CCCCC1O. The summed E-state index contributed by atoms with van der Waals surface area (Å²) in [5.74, 6) is 0.283. The number of aryl methyl sites for hydroxylation is 1. The van der Waals surface area contributed by atoms with Crippen LogP contribution >= 0.6 is 11.6 Å². The van der Waals surface area contributed by atoms with Gasteiger partial charge in [-0.15, -0.1) is 0 Å². The number of hydrogen-bond donors (Lipinski definition) is 1. The first kappa shape index (κ1) is 15.9. The highest BCUT2D eigenvalue weighted by Crippen LogP contribution is 2.34. The van der Waals surface area contributed by atoms with Gasteiger partial charge in [-0.25, -0.2) is 0 Å². The van der Waals surface area contributed by atoms with E-state index in [0.717, 1.165) is 51.5 Å². The highest BCUT2D eigenvalue weighted by molar-refractivity contribution is 6.31. The summed E-state index contributed by atoms with van der Waals surface area (Å²) in [4.78, 5) is 15.0. The van der Waals surface area contributed by atoms with Crippen molar-refractivity contribution in [1.29, 1.82) is 0 Å². The zero-order valence-corrected chi connectivity index (χ0v) is 13.9. The van der Waals surface area contributed by atoms with Crippen molar-refractivity contribution >= 4 is 17.5 Å². The van der Waals surface area contributed by atoms with Crippen LogP contribution in [0.5, 0.6) is 0 Å².